The molecule has 0 bridgehead atoms. The summed E-state index contributed by atoms with van der Waals surface area (Å²) < 4.78 is 42.4. The number of nitrogens with two attached hydrogens (primary N) is 1. The van der Waals surface area contributed by atoms with Crippen molar-refractivity contribution in [2.24, 2.45) is 11.7 Å². The first kappa shape index (κ1) is 13.8. The van der Waals surface area contributed by atoms with E-state index in [4.69, 9.17) is 10.5 Å². The first-order valence-electron chi connectivity index (χ1n) is 5.48. The summed E-state index contributed by atoms with van der Waals surface area (Å²) in [5.41, 5.74) is 5.09. The maximum absolute atomic E-state index is 12.3. The molecule has 0 aliphatic rings. The first-order chi connectivity index (χ1) is 8.04. The van der Waals surface area contributed by atoms with Gasteiger partial charge < -0.3 is 10.5 Å². The van der Waals surface area contributed by atoms with Crippen molar-refractivity contribution in [3.05, 3.63) is 30.3 Å². The molecule has 1 aromatic rings. The van der Waals surface area contributed by atoms with E-state index >= 15 is 0 Å². The zero-order valence-electron chi connectivity index (χ0n) is 9.41. The van der Waals surface area contributed by atoms with Crippen LogP contribution in [0.5, 0.6) is 5.75 Å². The van der Waals surface area contributed by atoms with Crippen molar-refractivity contribution in [2.45, 2.75) is 19.0 Å². The monoisotopic (exact) mass is 247 g/mol. The van der Waals surface area contributed by atoms with Gasteiger partial charge in [0.25, 0.3) is 0 Å². The Kier molecular flexibility index (Phi) is 5.28. The molecule has 5 heteroatoms. The van der Waals surface area contributed by atoms with Crippen LogP contribution < -0.4 is 10.5 Å². The Morgan fingerprint density at radius 2 is 1.82 bits per heavy atom. The van der Waals surface area contributed by atoms with Crippen LogP contribution in [-0.4, -0.2) is 19.3 Å². The molecule has 1 aromatic carbocycles. The van der Waals surface area contributed by atoms with Gasteiger partial charge in [0.1, 0.15) is 5.75 Å². The Morgan fingerprint density at radius 1 is 1.18 bits per heavy atom. The van der Waals surface area contributed by atoms with Crippen molar-refractivity contribution in [1.29, 1.82) is 0 Å². The maximum Gasteiger partial charge on any atom is 0.393 e. The molecule has 1 rings (SSSR count). The highest BCUT2D eigenvalue weighted by Gasteiger charge is 2.37. The van der Waals surface area contributed by atoms with Crippen LogP contribution in [0.3, 0.4) is 0 Å². The lowest BCUT2D eigenvalue weighted by atomic mass is 10.0. The fourth-order valence-corrected chi connectivity index (χ4v) is 1.45. The molecule has 0 fully saturated rings. The number of halogens is 3. The van der Waals surface area contributed by atoms with Crippen LogP contribution in [0.4, 0.5) is 13.2 Å². The quantitative estimate of drug-likeness (QED) is 0.784. The molecule has 2 N–H and O–H groups in total. The fourth-order valence-electron chi connectivity index (χ4n) is 1.45. The maximum atomic E-state index is 12.3. The molecular weight excluding hydrogens is 231 g/mol. The van der Waals surface area contributed by atoms with E-state index in [2.05, 4.69) is 0 Å². The predicted octanol–water partition coefficient (Wildman–Crippen LogP) is 2.98. The van der Waals surface area contributed by atoms with E-state index in [1.807, 2.05) is 18.2 Å². The molecule has 2 nitrogen and oxygen atoms in total. The van der Waals surface area contributed by atoms with Crippen molar-refractivity contribution in [2.75, 3.05) is 13.2 Å². The second-order valence-corrected chi connectivity index (χ2v) is 3.78. The molecule has 0 aliphatic carbocycles. The van der Waals surface area contributed by atoms with Gasteiger partial charge in [0.15, 0.2) is 0 Å². The van der Waals surface area contributed by atoms with E-state index in [0.29, 0.717) is 12.2 Å². The molecular formula is C12H16F3NO. The molecule has 0 aliphatic heterocycles. The van der Waals surface area contributed by atoms with Gasteiger partial charge in [-0.15, -0.1) is 0 Å². The van der Waals surface area contributed by atoms with Crippen LogP contribution in [0, 0.1) is 5.92 Å². The third-order valence-electron chi connectivity index (χ3n) is 2.46. The molecule has 1 atom stereocenters. The van der Waals surface area contributed by atoms with Gasteiger partial charge in [0.2, 0.25) is 0 Å². The summed E-state index contributed by atoms with van der Waals surface area (Å²) >= 11 is 0. The Bertz CT molecular complexity index is 313. The summed E-state index contributed by atoms with van der Waals surface area (Å²) in [6.45, 7) is -0.0918. The number of benzene rings is 1. The lowest BCUT2D eigenvalue weighted by Crippen LogP contribution is -2.30. The molecule has 0 aromatic heterocycles. The number of alkyl halides is 3. The van der Waals surface area contributed by atoms with Gasteiger partial charge >= 0.3 is 6.18 Å². The average molecular weight is 247 g/mol. The highest BCUT2D eigenvalue weighted by molar-refractivity contribution is 5.20. The van der Waals surface area contributed by atoms with E-state index < -0.39 is 12.1 Å². The molecule has 0 radical (unpaired) electrons. The van der Waals surface area contributed by atoms with Gasteiger partial charge in [0, 0.05) is 6.54 Å². The summed E-state index contributed by atoms with van der Waals surface area (Å²) in [5.74, 6) is -0.759. The van der Waals surface area contributed by atoms with Crippen LogP contribution in [-0.2, 0) is 0 Å². The van der Waals surface area contributed by atoms with Crippen molar-refractivity contribution >= 4 is 0 Å². The van der Waals surface area contributed by atoms with Gasteiger partial charge in [-0.05, 0) is 25.0 Å². The largest absolute Gasteiger partial charge is 0.494 e. The van der Waals surface area contributed by atoms with Crippen molar-refractivity contribution in [3.8, 4) is 5.75 Å². The summed E-state index contributed by atoms with van der Waals surface area (Å²) in [4.78, 5) is 0. The number of para-hydroxylation sites is 1. The number of ether oxygens (including phenoxy) is 1. The van der Waals surface area contributed by atoms with Crippen LogP contribution in [0.15, 0.2) is 30.3 Å². The molecule has 0 heterocycles. The van der Waals surface area contributed by atoms with E-state index in [1.54, 1.807) is 12.1 Å². The van der Waals surface area contributed by atoms with Crippen molar-refractivity contribution in [1.82, 2.24) is 0 Å². The van der Waals surface area contributed by atoms with Gasteiger partial charge in [-0.25, -0.2) is 0 Å². The summed E-state index contributed by atoms with van der Waals surface area (Å²) in [6.07, 6.45) is -3.86. The van der Waals surface area contributed by atoms with Crippen LogP contribution in [0.1, 0.15) is 12.8 Å². The number of hydrogen-bond donors (Lipinski definition) is 1. The number of hydrogen-bond acceptors (Lipinski definition) is 2. The van der Waals surface area contributed by atoms with Gasteiger partial charge in [0.05, 0.1) is 12.5 Å². The molecule has 0 spiro atoms. The minimum atomic E-state index is -4.21. The van der Waals surface area contributed by atoms with Gasteiger partial charge in [-0.1, -0.05) is 18.2 Å². The fraction of sp³-hybridized carbons (Fsp3) is 0.500. The lowest BCUT2D eigenvalue weighted by molar-refractivity contribution is -0.173. The standard InChI is InChI=1S/C12H16F3NO/c13-12(14,15)10(9-16)5-4-8-17-11-6-2-1-3-7-11/h1-3,6-7,10H,4-5,8-9,16H2. The molecule has 0 saturated carbocycles. The van der Waals surface area contributed by atoms with Crippen LogP contribution >= 0.6 is 0 Å². The number of rotatable bonds is 6. The normalized spacial score (nSPS) is 13.4. The minimum absolute atomic E-state index is 0.00678. The Labute approximate surface area is 98.6 Å². The van der Waals surface area contributed by atoms with E-state index in [1.165, 1.54) is 0 Å². The van der Waals surface area contributed by atoms with Crippen LogP contribution in [0.2, 0.25) is 0 Å². The average Bonchev–Trinajstić information content (AvgIpc) is 2.28. The Hall–Kier alpha value is -1.23. The second kappa shape index (κ2) is 6.49. The van der Waals surface area contributed by atoms with Crippen molar-refractivity contribution < 1.29 is 17.9 Å². The van der Waals surface area contributed by atoms with E-state index in [-0.39, 0.29) is 19.6 Å². The van der Waals surface area contributed by atoms with Gasteiger partial charge in [-0.2, -0.15) is 13.2 Å². The topological polar surface area (TPSA) is 35.2 Å². The third-order valence-corrected chi connectivity index (χ3v) is 2.46. The van der Waals surface area contributed by atoms with E-state index in [0.717, 1.165) is 0 Å². The second-order valence-electron chi connectivity index (χ2n) is 3.78. The lowest BCUT2D eigenvalue weighted by Gasteiger charge is -2.18. The highest BCUT2D eigenvalue weighted by atomic mass is 19.4. The Morgan fingerprint density at radius 3 is 2.35 bits per heavy atom. The first-order valence-corrected chi connectivity index (χ1v) is 5.48. The SMILES string of the molecule is NCC(CCCOc1ccccc1)C(F)(F)F. The van der Waals surface area contributed by atoms with Crippen LogP contribution in [0.25, 0.3) is 0 Å². The Balaban J connectivity index is 2.24. The van der Waals surface area contributed by atoms with Gasteiger partial charge in [-0.3, -0.25) is 0 Å². The summed E-state index contributed by atoms with van der Waals surface area (Å²) in [7, 11) is 0. The molecule has 0 saturated heterocycles. The minimum Gasteiger partial charge on any atom is -0.494 e. The summed E-state index contributed by atoms with van der Waals surface area (Å²) in [6, 6.07) is 9.01. The predicted molar refractivity (Wildman–Crippen MR) is 59.8 cm³/mol. The van der Waals surface area contributed by atoms with Crippen molar-refractivity contribution in [3.63, 3.8) is 0 Å². The summed E-state index contributed by atoms with van der Waals surface area (Å²) in [5, 5.41) is 0. The third kappa shape index (κ3) is 5.08. The smallest absolute Gasteiger partial charge is 0.393 e. The zero-order chi connectivity index (χ0) is 12.7. The zero-order valence-corrected chi connectivity index (χ0v) is 9.41. The highest BCUT2D eigenvalue weighted by Crippen LogP contribution is 2.28. The molecule has 17 heavy (non-hydrogen) atoms. The molecule has 1 unspecified atom stereocenters. The molecule has 0 amide bonds. The van der Waals surface area contributed by atoms with E-state index in [9.17, 15) is 13.2 Å². The molecule has 96 valence electrons.